The topological polar surface area (TPSA) is 79.7 Å². The molecule has 198 valence electrons. The highest BCUT2D eigenvalue weighted by molar-refractivity contribution is 5.85. The van der Waals surface area contributed by atoms with Crippen LogP contribution in [0.4, 0.5) is 0 Å². The van der Waals surface area contributed by atoms with Gasteiger partial charge in [-0.05, 0) is 90.9 Å². The van der Waals surface area contributed by atoms with Gasteiger partial charge in [-0.1, -0.05) is 72.8 Å². The minimum atomic E-state index is -0.338. The number of tetrazole rings is 1. The van der Waals surface area contributed by atoms with Crippen molar-refractivity contribution in [2.24, 2.45) is 5.92 Å². The molecule has 1 fully saturated rings. The number of hydrogen-bond donors (Lipinski definition) is 1. The van der Waals surface area contributed by atoms with Gasteiger partial charge in [0.05, 0.1) is 12.1 Å². The Bertz CT molecular complexity index is 1620. The number of aryl methyl sites for hydroxylation is 2. The van der Waals surface area contributed by atoms with Gasteiger partial charge in [0.1, 0.15) is 6.04 Å². The quantitative estimate of drug-likeness (QED) is 0.319. The molecule has 7 heteroatoms. The Hall–Kier alpha value is -4.10. The molecule has 1 aliphatic heterocycles. The van der Waals surface area contributed by atoms with E-state index in [-0.39, 0.29) is 11.6 Å². The Morgan fingerprint density at radius 2 is 1.56 bits per heavy atom. The van der Waals surface area contributed by atoms with Crippen molar-refractivity contribution >= 4 is 10.9 Å². The van der Waals surface area contributed by atoms with E-state index < -0.39 is 0 Å². The van der Waals surface area contributed by atoms with Crippen LogP contribution in [0.25, 0.3) is 10.9 Å². The molecular weight excluding hydrogens is 484 g/mol. The number of piperidine rings is 1. The third-order valence-electron chi connectivity index (χ3n) is 8.13. The maximum Gasteiger partial charge on any atom is 0.253 e. The summed E-state index contributed by atoms with van der Waals surface area (Å²) >= 11 is 0. The van der Waals surface area contributed by atoms with Crippen LogP contribution in [0.15, 0.2) is 83.7 Å². The van der Waals surface area contributed by atoms with Gasteiger partial charge in [0, 0.05) is 10.9 Å². The van der Waals surface area contributed by atoms with E-state index in [9.17, 15) is 4.79 Å². The maximum atomic E-state index is 13.7. The van der Waals surface area contributed by atoms with Crippen LogP contribution < -0.4 is 5.56 Å². The number of likely N-dealkylation sites (tertiary alicyclic amines) is 1. The molecule has 0 spiro atoms. The van der Waals surface area contributed by atoms with Gasteiger partial charge < -0.3 is 4.98 Å². The predicted molar refractivity (Wildman–Crippen MR) is 154 cm³/mol. The number of aromatic amines is 1. The molecule has 0 saturated carbocycles. The lowest BCUT2D eigenvalue weighted by molar-refractivity contribution is 0.143. The lowest BCUT2D eigenvalue weighted by atomic mass is 9.88. The van der Waals surface area contributed by atoms with E-state index in [0.29, 0.717) is 23.9 Å². The first-order valence-electron chi connectivity index (χ1n) is 13.8. The van der Waals surface area contributed by atoms with Crippen LogP contribution in [-0.4, -0.2) is 43.2 Å². The second kappa shape index (κ2) is 10.9. The third kappa shape index (κ3) is 5.27. The fraction of sp³-hybridized carbons (Fsp3) is 0.312. The van der Waals surface area contributed by atoms with Crippen LogP contribution in [0, 0.1) is 19.8 Å². The van der Waals surface area contributed by atoms with E-state index in [0.717, 1.165) is 59.9 Å². The van der Waals surface area contributed by atoms with E-state index in [2.05, 4.69) is 93.0 Å². The number of nitrogens with one attached hydrogen (secondary N) is 1. The molecule has 6 rings (SSSR count). The lowest BCUT2D eigenvalue weighted by Crippen LogP contribution is -2.41. The molecule has 39 heavy (non-hydrogen) atoms. The lowest BCUT2D eigenvalue weighted by Gasteiger charge is -2.37. The van der Waals surface area contributed by atoms with Crippen molar-refractivity contribution in [3.05, 3.63) is 123 Å². The first-order chi connectivity index (χ1) is 19.1. The molecule has 0 aliphatic carbocycles. The average Bonchev–Trinajstić information content (AvgIpc) is 3.41. The number of rotatable bonds is 7. The molecule has 1 atom stereocenters. The van der Waals surface area contributed by atoms with Crippen molar-refractivity contribution < 1.29 is 0 Å². The number of aromatic nitrogens is 5. The molecule has 0 bridgehead atoms. The van der Waals surface area contributed by atoms with Crippen LogP contribution in [0.3, 0.4) is 0 Å². The highest BCUT2D eigenvalue weighted by atomic mass is 16.1. The standard InChI is InChI=1S/C32H34N6O/c1-22-13-14-23(2)29-27(22)20-28(32(39)33-29)30(31-34-35-36-38(31)21-26-11-7-4-8-12-26)37-17-15-25(16-18-37)19-24-9-5-3-6-10-24/h3-14,20,25,30H,15-19,21H2,1-2H3,(H,33,39). The highest BCUT2D eigenvalue weighted by Gasteiger charge is 2.33. The maximum absolute atomic E-state index is 13.7. The van der Waals surface area contributed by atoms with Gasteiger partial charge in [0.2, 0.25) is 0 Å². The average molecular weight is 519 g/mol. The van der Waals surface area contributed by atoms with Gasteiger partial charge >= 0.3 is 0 Å². The first kappa shape index (κ1) is 25.2. The predicted octanol–water partition coefficient (Wildman–Crippen LogP) is 5.22. The summed E-state index contributed by atoms with van der Waals surface area (Å²) in [4.78, 5) is 19.3. The van der Waals surface area contributed by atoms with Gasteiger partial charge in [-0.2, -0.15) is 0 Å². The molecule has 0 radical (unpaired) electrons. The van der Waals surface area contributed by atoms with Gasteiger partial charge in [0.15, 0.2) is 5.82 Å². The summed E-state index contributed by atoms with van der Waals surface area (Å²) in [6.45, 7) is 6.43. The summed E-state index contributed by atoms with van der Waals surface area (Å²) in [5.41, 5.74) is 6.21. The molecule has 3 aromatic carbocycles. The van der Waals surface area contributed by atoms with Crippen molar-refractivity contribution in [1.29, 1.82) is 0 Å². The number of benzene rings is 3. The van der Waals surface area contributed by atoms with Crippen LogP contribution in [-0.2, 0) is 13.0 Å². The van der Waals surface area contributed by atoms with Crippen molar-refractivity contribution in [2.75, 3.05) is 13.1 Å². The largest absolute Gasteiger partial charge is 0.321 e. The molecule has 3 heterocycles. The highest BCUT2D eigenvalue weighted by Crippen LogP contribution is 2.33. The van der Waals surface area contributed by atoms with Gasteiger partial charge in [-0.3, -0.25) is 9.69 Å². The molecule has 5 aromatic rings. The Kier molecular flexibility index (Phi) is 7.07. The number of H-pyrrole nitrogens is 1. The Balaban J connectivity index is 1.37. The zero-order valence-corrected chi connectivity index (χ0v) is 22.5. The molecule has 0 amide bonds. The van der Waals surface area contributed by atoms with Crippen molar-refractivity contribution in [1.82, 2.24) is 30.1 Å². The minimum Gasteiger partial charge on any atom is -0.321 e. The number of pyridine rings is 1. The molecule has 1 aliphatic rings. The van der Waals surface area contributed by atoms with Crippen LogP contribution in [0.5, 0.6) is 0 Å². The first-order valence-corrected chi connectivity index (χ1v) is 13.8. The van der Waals surface area contributed by atoms with E-state index in [4.69, 9.17) is 0 Å². The van der Waals surface area contributed by atoms with Crippen LogP contribution >= 0.6 is 0 Å². The van der Waals surface area contributed by atoms with E-state index in [1.165, 1.54) is 5.56 Å². The van der Waals surface area contributed by atoms with Crippen LogP contribution in [0.1, 0.15) is 52.5 Å². The summed E-state index contributed by atoms with van der Waals surface area (Å²) in [6.07, 6.45) is 3.21. The second-order valence-corrected chi connectivity index (χ2v) is 10.8. The number of nitrogens with zero attached hydrogens (tertiary/aromatic N) is 5. The summed E-state index contributed by atoms with van der Waals surface area (Å²) in [6, 6.07) is 26.8. The van der Waals surface area contributed by atoms with E-state index >= 15 is 0 Å². The fourth-order valence-electron chi connectivity index (χ4n) is 5.93. The Labute approximate surface area is 228 Å². The molecule has 1 saturated heterocycles. The summed E-state index contributed by atoms with van der Waals surface area (Å²) in [5, 5.41) is 14.0. The van der Waals surface area contributed by atoms with Gasteiger partial charge in [-0.15, -0.1) is 5.10 Å². The van der Waals surface area contributed by atoms with Crippen molar-refractivity contribution in [2.45, 2.75) is 45.7 Å². The number of hydrogen-bond acceptors (Lipinski definition) is 5. The van der Waals surface area contributed by atoms with Crippen molar-refractivity contribution in [3.63, 3.8) is 0 Å². The molecule has 7 nitrogen and oxygen atoms in total. The summed E-state index contributed by atoms with van der Waals surface area (Å²) < 4.78 is 1.85. The normalized spacial score (nSPS) is 15.5. The Morgan fingerprint density at radius 3 is 2.28 bits per heavy atom. The monoisotopic (exact) mass is 518 g/mol. The molecule has 2 aromatic heterocycles. The Morgan fingerprint density at radius 1 is 0.897 bits per heavy atom. The smallest absolute Gasteiger partial charge is 0.253 e. The summed E-state index contributed by atoms with van der Waals surface area (Å²) in [5.74, 6) is 1.32. The third-order valence-corrected chi connectivity index (χ3v) is 8.13. The zero-order valence-electron chi connectivity index (χ0n) is 22.5. The molecule has 1 unspecified atom stereocenters. The summed E-state index contributed by atoms with van der Waals surface area (Å²) in [7, 11) is 0. The van der Waals surface area contributed by atoms with E-state index in [1.54, 1.807) is 0 Å². The van der Waals surface area contributed by atoms with Gasteiger partial charge in [-0.25, -0.2) is 4.68 Å². The SMILES string of the molecule is Cc1ccc(C)c2[nH]c(=O)c(C(c3nnnn3Cc3ccccc3)N3CCC(Cc4ccccc4)CC3)cc12. The van der Waals surface area contributed by atoms with Crippen LogP contribution in [0.2, 0.25) is 0 Å². The van der Waals surface area contributed by atoms with Gasteiger partial charge in [0.25, 0.3) is 5.56 Å². The zero-order chi connectivity index (χ0) is 26.8. The van der Waals surface area contributed by atoms with Crippen molar-refractivity contribution in [3.8, 4) is 0 Å². The second-order valence-electron chi connectivity index (χ2n) is 10.8. The number of fused-ring (bicyclic) bond motifs is 1. The fourth-order valence-corrected chi connectivity index (χ4v) is 5.93. The minimum absolute atomic E-state index is 0.0816. The molecular formula is C32H34N6O. The van der Waals surface area contributed by atoms with E-state index in [1.807, 2.05) is 29.8 Å². The molecule has 1 N–H and O–H groups in total.